The van der Waals surface area contributed by atoms with Crippen LogP contribution in [0.15, 0.2) is 54.6 Å². The zero-order valence-corrected chi connectivity index (χ0v) is 17.5. The Morgan fingerprint density at radius 2 is 1.70 bits per heavy atom. The lowest BCUT2D eigenvalue weighted by molar-refractivity contribution is 0.264. The van der Waals surface area contributed by atoms with Crippen molar-refractivity contribution in [3.8, 4) is 6.07 Å². The molecule has 2 aromatic carbocycles. The number of halogens is 1. The second-order valence-electron chi connectivity index (χ2n) is 7.49. The summed E-state index contributed by atoms with van der Waals surface area (Å²) in [7, 11) is 0. The van der Waals surface area contributed by atoms with Gasteiger partial charge in [0.15, 0.2) is 0 Å². The molecule has 2 aromatic rings. The Morgan fingerprint density at radius 3 is 2.30 bits per heavy atom. The lowest BCUT2D eigenvalue weighted by Gasteiger charge is -2.33. The minimum atomic E-state index is -0.531. The summed E-state index contributed by atoms with van der Waals surface area (Å²) in [4.78, 5) is 2.47. The molecule has 0 aliphatic rings. The minimum absolute atomic E-state index is 0.210. The third-order valence-corrected chi connectivity index (χ3v) is 5.92. The topological polar surface area (TPSA) is 27.0 Å². The summed E-state index contributed by atoms with van der Waals surface area (Å²) in [5.74, 6) is 0.210. The van der Waals surface area contributed by atoms with Crippen molar-refractivity contribution in [2.24, 2.45) is 5.92 Å². The maximum atomic E-state index is 10.1. The van der Waals surface area contributed by atoms with Crippen molar-refractivity contribution in [1.82, 2.24) is 4.90 Å². The Hall–Kier alpha value is -1.82. The van der Waals surface area contributed by atoms with E-state index in [4.69, 9.17) is 11.6 Å². The molecule has 0 aliphatic heterocycles. The van der Waals surface area contributed by atoms with Crippen LogP contribution < -0.4 is 0 Å². The zero-order chi connectivity index (χ0) is 19.7. The highest BCUT2D eigenvalue weighted by atomic mass is 35.5. The molecule has 0 heterocycles. The van der Waals surface area contributed by atoms with Gasteiger partial charge in [0.1, 0.15) is 0 Å². The van der Waals surface area contributed by atoms with Gasteiger partial charge < -0.3 is 4.90 Å². The number of hydrogen-bond donors (Lipinski definition) is 0. The van der Waals surface area contributed by atoms with E-state index in [9.17, 15) is 5.26 Å². The van der Waals surface area contributed by atoms with Crippen LogP contribution in [0.2, 0.25) is 5.02 Å². The van der Waals surface area contributed by atoms with Gasteiger partial charge >= 0.3 is 0 Å². The highest BCUT2D eigenvalue weighted by molar-refractivity contribution is 6.31. The molecule has 0 spiro atoms. The molecule has 0 N–H and O–H groups in total. The van der Waals surface area contributed by atoms with Gasteiger partial charge in [0, 0.05) is 11.6 Å². The first-order valence-electron chi connectivity index (χ1n) is 9.96. The molecule has 0 aromatic heterocycles. The summed E-state index contributed by atoms with van der Waals surface area (Å²) < 4.78 is 0. The molecule has 1 unspecified atom stereocenters. The number of nitriles is 1. The summed E-state index contributed by atoms with van der Waals surface area (Å²) in [5.41, 5.74) is 1.81. The van der Waals surface area contributed by atoms with E-state index in [1.165, 1.54) is 5.56 Å². The first-order valence-corrected chi connectivity index (χ1v) is 10.3. The van der Waals surface area contributed by atoms with E-state index in [2.05, 4.69) is 62.1 Å². The van der Waals surface area contributed by atoms with E-state index in [0.29, 0.717) is 5.02 Å². The van der Waals surface area contributed by atoms with E-state index in [-0.39, 0.29) is 5.92 Å². The quantitative estimate of drug-likeness (QED) is 0.496. The summed E-state index contributed by atoms with van der Waals surface area (Å²) >= 11 is 6.46. The van der Waals surface area contributed by atoms with Gasteiger partial charge in [0.25, 0.3) is 0 Å². The Kier molecular flexibility index (Phi) is 8.35. The van der Waals surface area contributed by atoms with Crippen LogP contribution in [-0.4, -0.2) is 24.5 Å². The van der Waals surface area contributed by atoms with Gasteiger partial charge in [0.2, 0.25) is 0 Å². The Balaban J connectivity index is 2.00. The molecule has 0 radical (unpaired) electrons. The van der Waals surface area contributed by atoms with Crippen molar-refractivity contribution in [3.05, 3.63) is 70.7 Å². The van der Waals surface area contributed by atoms with E-state index in [1.54, 1.807) is 0 Å². The van der Waals surface area contributed by atoms with Gasteiger partial charge in [-0.2, -0.15) is 5.26 Å². The highest BCUT2D eigenvalue weighted by Crippen LogP contribution is 2.40. The normalized spacial score (nSPS) is 13.5. The van der Waals surface area contributed by atoms with Gasteiger partial charge in [-0.1, -0.05) is 80.9 Å². The van der Waals surface area contributed by atoms with Gasteiger partial charge in [-0.3, -0.25) is 0 Å². The van der Waals surface area contributed by atoms with Gasteiger partial charge in [-0.15, -0.1) is 0 Å². The van der Waals surface area contributed by atoms with E-state index in [1.807, 2.05) is 24.3 Å². The van der Waals surface area contributed by atoms with Crippen molar-refractivity contribution >= 4 is 11.6 Å². The van der Waals surface area contributed by atoms with Crippen molar-refractivity contribution in [1.29, 1.82) is 5.26 Å². The van der Waals surface area contributed by atoms with Gasteiger partial charge in [-0.05, 0) is 55.5 Å². The van der Waals surface area contributed by atoms with Crippen LogP contribution in [0.5, 0.6) is 0 Å². The molecular weight excluding hydrogens is 352 g/mol. The molecule has 0 saturated heterocycles. The predicted molar refractivity (Wildman–Crippen MR) is 115 cm³/mol. The molecule has 3 heteroatoms. The Bertz CT molecular complexity index is 736. The minimum Gasteiger partial charge on any atom is -0.303 e. The van der Waals surface area contributed by atoms with Crippen LogP contribution in [0.4, 0.5) is 0 Å². The third-order valence-electron chi connectivity index (χ3n) is 5.59. The highest BCUT2D eigenvalue weighted by Gasteiger charge is 2.37. The SMILES string of the molecule is CCN(CCCC(C#N)(c1ccccc1Cl)C(C)C)CCc1ccccc1. The van der Waals surface area contributed by atoms with Crippen molar-refractivity contribution in [2.75, 3.05) is 19.6 Å². The average molecular weight is 383 g/mol. The molecule has 144 valence electrons. The van der Waals surface area contributed by atoms with Crippen LogP contribution in [0.3, 0.4) is 0 Å². The lowest BCUT2D eigenvalue weighted by Crippen LogP contribution is -2.33. The summed E-state index contributed by atoms with van der Waals surface area (Å²) in [6, 6.07) is 21.1. The lowest BCUT2D eigenvalue weighted by atomic mass is 9.70. The second-order valence-corrected chi connectivity index (χ2v) is 7.90. The molecule has 0 aliphatic carbocycles. The number of likely N-dealkylation sites (N-methyl/N-ethyl adjacent to an activating group) is 1. The van der Waals surface area contributed by atoms with Crippen molar-refractivity contribution < 1.29 is 0 Å². The smallest absolute Gasteiger partial charge is 0.0859 e. The fraction of sp³-hybridized carbons (Fsp3) is 0.458. The van der Waals surface area contributed by atoms with E-state index in [0.717, 1.165) is 44.5 Å². The average Bonchev–Trinajstić information content (AvgIpc) is 2.69. The molecule has 0 saturated carbocycles. The summed E-state index contributed by atoms with van der Waals surface area (Å²) in [6.07, 6.45) is 2.87. The Labute approximate surface area is 169 Å². The monoisotopic (exact) mass is 382 g/mol. The predicted octanol–water partition coefficient (Wildman–Crippen LogP) is 6.10. The first kappa shape index (κ1) is 21.5. The number of nitrogens with zero attached hydrogens (tertiary/aromatic N) is 2. The molecule has 0 bridgehead atoms. The standard InChI is InChI=1S/C24H31ClN2/c1-4-27(18-15-21-11-6-5-7-12-21)17-10-16-24(19-26,20(2)3)22-13-8-9-14-23(22)25/h5-9,11-14,20H,4,10,15-18H2,1-3H3. The maximum Gasteiger partial charge on any atom is 0.0859 e. The largest absolute Gasteiger partial charge is 0.303 e. The molecule has 1 atom stereocenters. The molecular formula is C24H31ClN2. The summed E-state index contributed by atoms with van der Waals surface area (Å²) in [6.45, 7) is 9.54. The number of rotatable bonds is 10. The van der Waals surface area contributed by atoms with Gasteiger partial charge in [-0.25, -0.2) is 0 Å². The van der Waals surface area contributed by atoms with Crippen LogP contribution >= 0.6 is 11.6 Å². The number of hydrogen-bond acceptors (Lipinski definition) is 2. The van der Waals surface area contributed by atoms with Crippen molar-refractivity contribution in [2.45, 2.75) is 45.4 Å². The van der Waals surface area contributed by atoms with Crippen LogP contribution in [0, 0.1) is 17.2 Å². The van der Waals surface area contributed by atoms with Crippen LogP contribution in [0.25, 0.3) is 0 Å². The first-order chi connectivity index (χ1) is 13.0. The maximum absolute atomic E-state index is 10.1. The van der Waals surface area contributed by atoms with Crippen LogP contribution in [0.1, 0.15) is 44.7 Å². The van der Waals surface area contributed by atoms with Gasteiger partial charge in [0.05, 0.1) is 11.5 Å². The molecule has 2 rings (SSSR count). The van der Waals surface area contributed by atoms with E-state index >= 15 is 0 Å². The Morgan fingerprint density at radius 1 is 1.04 bits per heavy atom. The van der Waals surface area contributed by atoms with Crippen LogP contribution in [-0.2, 0) is 11.8 Å². The molecule has 27 heavy (non-hydrogen) atoms. The third kappa shape index (κ3) is 5.58. The molecule has 2 nitrogen and oxygen atoms in total. The fourth-order valence-electron chi connectivity index (χ4n) is 3.74. The summed E-state index contributed by atoms with van der Waals surface area (Å²) in [5, 5.41) is 10.8. The molecule has 0 amide bonds. The van der Waals surface area contributed by atoms with Crippen molar-refractivity contribution in [3.63, 3.8) is 0 Å². The number of benzene rings is 2. The van der Waals surface area contributed by atoms with E-state index < -0.39 is 5.41 Å². The molecule has 0 fully saturated rings. The fourth-order valence-corrected chi connectivity index (χ4v) is 4.05. The second kappa shape index (κ2) is 10.5. The zero-order valence-electron chi connectivity index (χ0n) is 16.8.